The second-order valence-electron chi connectivity index (χ2n) is 21.4. The van der Waals surface area contributed by atoms with Crippen LogP contribution in [0.2, 0.25) is 0 Å². The Morgan fingerprint density at radius 1 is 0.263 bits per heavy atom. The summed E-state index contributed by atoms with van der Waals surface area (Å²) >= 11 is 0. The van der Waals surface area contributed by atoms with Crippen LogP contribution in [0.4, 0.5) is 0 Å². The van der Waals surface area contributed by atoms with E-state index in [1.165, 1.54) is 32.3 Å². The molecule has 1 atom stereocenters. The fourth-order valence-corrected chi connectivity index (χ4v) is 13.8. The van der Waals surface area contributed by atoms with Gasteiger partial charge in [0.2, 0.25) is 11.9 Å². The highest BCUT2D eigenvalue weighted by Gasteiger charge is 2.29. The molecule has 12 aromatic carbocycles. The van der Waals surface area contributed by atoms with Crippen molar-refractivity contribution in [3.63, 3.8) is 0 Å². The highest BCUT2D eigenvalue weighted by atomic mass is 15.3. The third-order valence-electron chi connectivity index (χ3n) is 17.2. The van der Waals surface area contributed by atoms with Gasteiger partial charge < -0.3 is 9.13 Å². The largest absolute Gasteiger partial charge is 0.307 e. The molecule has 0 saturated heterocycles. The Balaban J connectivity index is 1.07. The van der Waals surface area contributed by atoms with E-state index in [1.54, 1.807) is 0 Å². The topological polar surface area (TPSA) is 58.4 Å². The van der Waals surface area contributed by atoms with E-state index >= 15 is 0 Å². The average Bonchev–Trinajstić information content (AvgIpc) is 4.08. The predicted molar refractivity (Wildman–Crippen MR) is 333 cm³/mol. The predicted octanol–water partition coefficient (Wildman–Crippen LogP) is 18.5. The number of aromatic nitrogens is 7. The molecule has 372 valence electrons. The van der Waals surface area contributed by atoms with Gasteiger partial charge in [-0.05, 0) is 52.2 Å². The third-order valence-corrected chi connectivity index (χ3v) is 17.2. The minimum Gasteiger partial charge on any atom is -0.307 e. The molecule has 0 aliphatic heterocycles. The molecule has 18 rings (SSSR count). The van der Waals surface area contributed by atoms with Crippen molar-refractivity contribution in [3.05, 3.63) is 261 Å². The monoisotopic (exact) mass is 1020 g/mol. The van der Waals surface area contributed by atoms with E-state index in [4.69, 9.17) is 15.0 Å². The number of nitrogens with zero attached hydrogens (tertiary/aromatic N) is 7. The van der Waals surface area contributed by atoms with Crippen molar-refractivity contribution in [2.24, 2.45) is 0 Å². The molecule has 0 bridgehead atoms. The molecule has 0 saturated carbocycles. The molecule has 7 nitrogen and oxygen atoms in total. The van der Waals surface area contributed by atoms with Crippen molar-refractivity contribution < 1.29 is 0 Å². The second kappa shape index (κ2) is 16.4. The van der Waals surface area contributed by atoms with Gasteiger partial charge in [-0.25, -0.2) is 0 Å². The van der Waals surface area contributed by atoms with Gasteiger partial charge in [0.1, 0.15) is 5.82 Å². The summed E-state index contributed by atoms with van der Waals surface area (Å²) in [7, 11) is 0. The normalized spacial score (nSPS) is 14.0. The van der Waals surface area contributed by atoms with Gasteiger partial charge in [-0.15, -0.1) is 0 Å². The van der Waals surface area contributed by atoms with E-state index < -0.39 is 0 Å². The van der Waals surface area contributed by atoms with Crippen LogP contribution in [0, 0.1) is 0 Å². The standard InChI is InChI=1S/C73H45N7/c1-4-22-48(23-5-1)71-74-72(79-65-53-30-16-12-20-46(53)34-38-57(65)61-42-40-59-55-36-32-44-18-10-14-28-51(44)63(55)77(67(59)69(61)79)49-24-6-2-7-25-49)76-73(75-71)80-66-54-31-17-13-21-47(54)35-39-58(66)62-43-41-60-56-37-33-45-19-11-15-29-52(45)64(56)78(68(60)70(62)80)50-26-8-3-9-27-50/h1-22,24-43,48H,23H2. The molecule has 5 aromatic heterocycles. The van der Waals surface area contributed by atoms with Crippen LogP contribution < -0.4 is 0 Å². The number of para-hydroxylation sites is 2. The molecular formula is C73H45N7. The molecule has 0 amide bonds. The van der Waals surface area contributed by atoms with Crippen molar-refractivity contribution >= 4 is 130 Å². The fourth-order valence-electron chi connectivity index (χ4n) is 13.8. The first kappa shape index (κ1) is 43.5. The van der Waals surface area contributed by atoms with E-state index in [9.17, 15) is 0 Å². The molecule has 80 heavy (non-hydrogen) atoms. The molecule has 1 aliphatic rings. The van der Waals surface area contributed by atoms with E-state index in [0.29, 0.717) is 17.7 Å². The second-order valence-corrected chi connectivity index (χ2v) is 21.4. The first-order valence-corrected chi connectivity index (χ1v) is 27.6. The number of hydrogen-bond donors (Lipinski definition) is 0. The Hall–Kier alpha value is -10.6. The van der Waals surface area contributed by atoms with E-state index in [-0.39, 0.29) is 5.92 Å². The highest BCUT2D eigenvalue weighted by molar-refractivity contribution is 6.31. The number of fused-ring (bicyclic) bond motifs is 22. The van der Waals surface area contributed by atoms with Crippen LogP contribution >= 0.6 is 0 Å². The molecular weight excluding hydrogens is 975 g/mol. The lowest BCUT2D eigenvalue weighted by atomic mass is 10.0. The zero-order valence-electron chi connectivity index (χ0n) is 43.2. The zero-order chi connectivity index (χ0) is 52.2. The summed E-state index contributed by atoms with van der Waals surface area (Å²) in [5, 5.41) is 18.5. The van der Waals surface area contributed by atoms with Crippen LogP contribution in [0.3, 0.4) is 0 Å². The van der Waals surface area contributed by atoms with Gasteiger partial charge in [-0.1, -0.05) is 231 Å². The molecule has 0 spiro atoms. The molecule has 7 heteroatoms. The zero-order valence-corrected chi connectivity index (χ0v) is 43.2. The molecule has 0 radical (unpaired) electrons. The van der Waals surface area contributed by atoms with Crippen molar-refractivity contribution in [1.29, 1.82) is 0 Å². The molecule has 0 fully saturated rings. The maximum absolute atomic E-state index is 6.00. The molecule has 1 aliphatic carbocycles. The summed E-state index contributed by atoms with van der Waals surface area (Å²) < 4.78 is 9.77. The Morgan fingerprint density at radius 2 is 0.575 bits per heavy atom. The average molecular weight is 1020 g/mol. The lowest BCUT2D eigenvalue weighted by Crippen LogP contribution is -2.14. The van der Waals surface area contributed by atoms with Gasteiger partial charge in [0.05, 0.1) is 44.1 Å². The van der Waals surface area contributed by atoms with Crippen molar-refractivity contribution in [3.8, 4) is 23.3 Å². The lowest BCUT2D eigenvalue weighted by Gasteiger charge is -2.18. The molecule has 1 unspecified atom stereocenters. The van der Waals surface area contributed by atoms with Crippen LogP contribution in [-0.2, 0) is 0 Å². The molecule has 5 heterocycles. The van der Waals surface area contributed by atoms with E-state index in [0.717, 1.165) is 116 Å². The Labute approximate surface area is 457 Å². The SMILES string of the molecule is C1=CCC(c2nc(-n3c4c5ccccc5ccc4c4ccc5c6ccc7ccccc7c6n(-c6ccccc6)c5c43)nc(-n3c4c5ccccc5ccc4c4ccc5c6ccc7ccccc7c6n(-c6ccccc6)c5c43)n2)C=C1. The molecule has 17 aromatic rings. The van der Waals surface area contributed by atoms with Crippen molar-refractivity contribution in [2.75, 3.05) is 0 Å². The number of hydrogen-bond acceptors (Lipinski definition) is 3. The van der Waals surface area contributed by atoms with Gasteiger partial charge in [-0.2, -0.15) is 15.0 Å². The van der Waals surface area contributed by atoms with E-state index in [1.807, 2.05) is 0 Å². The minimum absolute atomic E-state index is 0.112. The first-order valence-electron chi connectivity index (χ1n) is 27.6. The summed E-state index contributed by atoms with van der Waals surface area (Å²) in [4.78, 5) is 17.5. The van der Waals surface area contributed by atoms with Gasteiger partial charge in [0.15, 0.2) is 0 Å². The first-order chi connectivity index (χ1) is 39.7. The van der Waals surface area contributed by atoms with Crippen molar-refractivity contribution in [2.45, 2.75) is 12.3 Å². The quantitative estimate of drug-likeness (QED) is 0.173. The summed E-state index contributed by atoms with van der Waals surface area (Å²) in [6.45, 7) is 0. The highest BCUT2D eigenvalue weighted by Crippen LogP contribution is 2.47. The number of allylic oxidation sites excluding steroid dienone is 4. The van der Waals surface area contributed by atoms with Gasteiger partial charge in [0.25, 0.3) is 0 Å². The summed E-state index contributed by atoms with van der Waals surface area (Å²) in [5.74, 6) is 1.71. The van der Waals surface area contributed by atoms with Gasteiger partial charge >= 0.3 is 0 Å². The van der Waals surface area contributed by atoms with Crippen LogP contribution in [0.25, 0.3) is 154 Å². The fraction of sp³-hybridized carbons (Fsp3) is 0.0274. The molecule has 0 N–H and O–H groups in total. The van der Waals surface area contributed by atoms with Crippen LogP contribution in [-0.4, -0.2) is 33.2 Å². The summed E-state index contributed by atoms with van der Waals surface area (Å²) in [6.07, 6.45) is 9.50. The maximum Gasteiger partial charge on any atom is 0.239 e. The smallest absolute Gasteiger partial charge is 0.239 e. The summed E-state index contributed by atoms with van der Waals surface area (Å²) in [5.41, 5.74) is 10.8. The Bertz CT molecular complexity index is 5250. The van der Waals surface area contributed by atoms with Crippen LogP contribution in [0.15, 0.2) is 255 Å². The van der Waals surface area contributed by atoms with Gasteiger partial charge in [0, 0.05) is 81.9 Å². The maximum atomic E-state index is 6.00. The third kappa shape index (κ3) is 5.95. The lowest BCUT2D eigenvalue weighted by molar-refractivity contribution is 0.734. The minimum atomic E-state index is -0.112. The Kier molecular flexibility index (Phi) is 8.94. The van der Waals surface area contributed by atoms with Crippen molar-refractivity contribution in [1.82, 2.24) is 33.2 Å². The van der Waals surface area contributed by atoms with E-state index in [2.05, 4.69) is 273 Å². The van der Waals surface area contributed by atoms with Crippen LogP contribution in [0.1, 0.15) is 18.2 Å². The number of benzene rings is 12. The Morgan fingerprint density at radius 3 is 0.938 bits per heavy atom. The van der Waals surface area contributed by atoms with Crippen LogP contribution in [0.5, 0.6) is 0 Å². The number of rotatable bonds is 5. The van der Waals surface area contributed by atoms with Gasteiger partial charge in [-0.3, -0.25) is 9.13 Å². The summed E-state index contributed by atoms with van der Waals surface area (Å²) in [6, 6.07) is 84.3.